The summed E-state index contributed by atoms with van der Waals surface area (Å²) < 4.78 is 5.68. The molecule has 3 heterocycles. The molecule has 7 nitrogen and oxygen atoms in total. The molecule has 0 N–H and O–H groups in total. The number of hydrogen-bond acceptors (Lipinski definition) is 4. The number of aromatic nitrogens is 5. The monoisotopic (exact) mass is 403 g/mol. The van der Waals surface area contributed by atoms with Crippen molar-refractivity contribution in [3.8, 4) is 0 Å². The first kappa shape index (κ1) is 18.8. The lowest BCUT2D eigenvalue weighted by Crippen LogP contribution is -2.28. The molecule has 0 bridgehead atoms. The van der Waals surface area contributed by atoms with Gasteiger partial charge in [0.25, 0.3) is 5.56 Å². The maximum Gasteiger partial charge on any atom is 0.329 e. The molecule has 1 aliphatic carbocycles. The zero-order chi connectivity index (χ0) is 20.8. The predicted molar refractivity (Wildman–Crippen MR) is 117 cm³/mol. The summed E-state index contributed by atoms with van der Waals surface area (Å²) >= 11 is 0. The summed E-state index contributed by atoms with van der Waals surface area (Å²) in [7, 11) is 0. The van der Waals surface area contributed by atoms with E-state index in [0.717, 1.165) is 42.4 Å². The van der Waals surface area contributed by atoms with Crippen molar-refractivity contribution in [3.63, 3.8) is 0 Å². The van der Waals surface area contributed by atoms with Gasteiger partial charge in [-0.3, -0.25) is 18.9 Å². The summed E-state index contributed by atoms with van der Waals surface area (Å²) in [5.41, 5.74) is 2.24. The molecule has 0 saturated heterocycles. The second kappa shape index (κ2) is 7.23. The van der Waals surface area contributed by atoms with E-state index in [-0.39, 0.29) is 23.8 Å². The van der Waals surface area contributed by atoms with Crippen LogP contribution >= 0.6 is 0 Å². The normalized spacial score (nSPS) is 14.2. The second-order valence-electron chi connectivity index (χ2n) is 8.52. The molecule has 30 heavy (non-hydrogen) atoms. The van der Waals surface area contributed by atoms with Gasteiger partial charge in [0.15, 0.2) is 0 Å². The zero-order valence-electron chi connectivity index (χ0n) is 17.3. The fraction of sp³-hybridized carbons (Fsp3) is 0.391. The fourth-order valence-corrected chi connectivity index (χ4v) is 4.13. The third-order valence-electron chi connectivity index (χ3n) is 5.87. The van der Waals surface area contributed by atoms with Gasteiger partial charge in [0, 0.05) is 18.8 Å². The first-order chi connectivity index (χ1) is 14.5. The molecule has 7 heteroatoms. The highest BCUT2D eigenvalue weighted by Crippen LogP contribution is 2.36. The molecule has 1 fully saturated rings. The van der Waals surface area contributed by atoms with E-state index in [0.29, 0.717) is 17.1 Å². The summed E-state index contributed by atoms with van der Waals surface area (Å²) in [5, 5.41) is 0.611. The van der Waals surface area contributed by atoms with Crippen molar-refractivity contribution < 1.29 is 0 Å². The van der Waals surface area contributed by atoms with Crippen molar-refractivity contribution >= 4 is 21.9 Å². The molecule has 0 amide bonds. The Hall–Kier alpha value is -3.22. The Kier molecular flexibility index (Phi) is 4.53. The molecular weight excluding hydrogens is 378 g/mol. The van der Waals surface area contributed by atoms with Crippen LogP contribution < -0.4 is 11.2 Å². The van der Waals surface area contributed by atoms with Crippen LogP contribution in [0.25, 0.3) is 21.9 Å². The second-order valence-corrected chi connectivity index (χ2v) is 8.52. The molecule has 0 unspecified atom stereocenters. The fourth-order valence-electron chi connectivity index (χ4n) is 4.13. The van der Waals surface area contributed by atoms with Gasteiger partial charge in [0.1, 0.15) is 5.82 Å². The number of para-hydroxylation sites is 1. The Labute approximate surface area is 173 Å². The van der Waals surface area contributed by atoms with E-state index in [1.165, 1.54) is 0 Å². The van der Waals surface area contributed by atoms with Crippen LogP contribution in [-0.4, -0.2) is 23.7 Å². The molecule has 4 aromatic rings. The van der Waals surface area contributed by atoms with Gasteiger partial charge in [0.2, 0.25) is 0 Å². The SMILES string of the molecule is CC(C)CCn1c(Cn2c(=O)n(C3CC3)c3ccncc32)nc(=O)c2ccccc21. The molecule has 0 spiro atoms. The quantitative estimate of drug-likeness (QED) is 0.495. The van der Waals surface area contributed by atoms with Gasteiger partial charge in [-0.1, -0.05) is 26.0 Å². The number of imidazole rings is 1. The third kappa shape index (κ3) is 3.14. The molecule has 0 radical (unpaired) electrons. The van der Waals surface area contributed by atoms with Crippen LogP contribution in [0.15, 0.2) is 52.3 Å². The van der Waals surface area contributed by atoms with Crippen LogP contribution in [0.2, 0.25) is 0 Å². The van der Waals surface area contributed by atoms with Gasteiger partial charge in [-0.25, -0.2) is 4.79 Å². The molecule has 1 aromatic carbocycles. The van der Waals surface area contributed by atoms with Crippen LogP contribution in [0.1, 0.15) is 45.0 Å². The molecule has 0 atom stereocenters. The van der Waals surface area contributed by atoms with Gasteiger partial charge in [0.05, 0.1) is 34.7 Å². The van der Waals surface area contributed by atoms with Crippen molar-refractivity contribution in [2.45, 2.75) is 52.2 Å². The van der Waals surface area contributed by atoms with E-state index in [1.807, 2.05) is 34.9 Å². The van der Waals surface area contributed by atoms with E-state index >= 15 is 0 Å². The number of aryl methyl sites for hydroxylation is 1. The Morgan fingerprint density at radius 2 is 1.83 bits per heavy atom. The Morgan fingerprint density at radius 1 is 1.03 bits per heavy atom. The van der Waals surface area contributed by atoms with Crippen molar-refractivity contribution in [2.24, 2.45) is 5.92 Å². The first-order valence-electron chi connectivity index (χ1n) is 10.6. The van der Waals surface area contributed by atoms with Gasteiger partial charge < -0.3 is 4.57 Å². The highest BCUT2D eigenvalue weighted by atomic mass is 16.2. The summed E-state index contributed by atoms with van der Waals surface area (Å²) in [6.45, 7) is 5.35. The maximum absolute atomic E-state index is 13.3. The van der Waals surface area contributed by atoms with E-state index in [4.69, 9.17) is 0 Å². The minimum atomic E-state index is -0.251. The van der Waals surface area contributed by atoms with Crippen LogP contribution in [0.4, 0.5) is 0 Å². The maximum atomic E-state index is 13.3. The van der Waals surface area contributed by atoms with Crippen molar-refractivity contribution in [2.75, 3.05) is 0 Å². The van der Waals surface area contributed by atoms with Crippen LogP contribution in [0, 0.1) is 5.92 Å². The number of hydrogen-bond donors (Lipinski definition) is 0. The Morgan fingerprint density at radius 3 is 2.60 bits per heavy atom. The summed E-state index contributed by atoms with van der Waals surface area (Å²) in [6, 6.07) is 9.72. The average Bonchev–Trinajstić information content (AvgIpc) is 3.53. The number of pyridine rings is 1. The number of benzene rings is 1. The molecule has 0 aliphatic heterocycles. The number of rotatable bonds is 6. The Bertz CT molecular complexity index is 1360. The minimum Gasteiger partial charge on any atom is -0.327 e. The highest BCUT2D eigenvalue weighted by Gasteiger charge is 2.29. The average molecular weight is 403 g/mol. The standard InChI is InChI=1S/C23H25N5O2/c1-15(2)10-12-26-18-6-4-3-5-17(18)22(29)25-21(26)14-27-20-13-24-11-9-19(20)28(23(27)30)16-7-8-16/h3-6,9,11,13,15-16H,7-8,10,12,14H2,1-2H3. The summed E-state index contributed by atoms with van der Waals surface area (Å²) in [5.74, 6) is 1.12. The molecular formula is C23H25N5O2. The van der Waals surface area contributed by atoms with Gasteiger partial charge in [-0.05, 0) is 43.4 Å². The lowest BCUT2D eigenvalue weighted by molar-refractivity contribution is 0.500. The first-order valence-corrected chi connectivity index (χ1v) is 10.6. The molecule has 5 rings (SSSR count). The summed E-state index contributed by atoms with van der Waals surface area (Å²) in [6.07, 6.45) is 6.45. The van der Waals surface area contributed by atoms with E-state index < -0.39 is 0 Å². The highest BCUT2D eigenvalue weighted by molar-refractivity contribution is 5.78. The van der Waals surface area contributed by atoms with Crippen LogP contribution in [0.3, 0.4) is 0 Å². The molecule has 1 saturated carbocycles. The van der Waals surface area contributed by atoms with E-state index in [9.17, 15) is 9.59 Å². The Balaban J connectivity index is 1.69. The van der Waals surface area contributed by atoms with E-state index in [1.54, 1.807) is 17.0 Å². The summed E-state index contributed by atoms with van der Waals surface area (Å²) in [4.78, 5) is 34.7. The van der Waals surface area contributed by atoms with Gasteiger partial charge >= 0.3 is 5.69 Å². The largest absolute Gasteiger partial charge is 0.329 e. The number of fused-ring (bicyclic) bond motifs is 2. The van der Waals surface area contributed by atoms with Crippen molar-refractivity contribution in [1.29, 1.82) is 0 Å². The molecule has 1 aliphatic rings. The van der Waals surface area contributed by atoms with Crippen molar-refractivity contribution in [3.05, 3.63) is 69.4 Å². The minimum absolute atomic E-state index is 0.0571. The van der Waals surface area contributed by atoms with Crippen molar-refractivity contribution in [1.82, 2.24) is 23.7 Å². The zero-order valence-corrected chi connectivity index (χ0v) is 17.3. The smallest absolute Gasteiger partial charge is 0.327 e. The lowest BCUT2D eigenvalue weighted by Gasteiger charge is -2.17. The van der Waals surface area contributed by atoms with Crippen LogP contribution in [-0.2, 0) is 13.1 Å². The molecule has 154 valence electrons. The third-order valence-corrected chi connectivity index (χ3v) is 5.87. The van der Waals surface area contributed by atoms with Gasteiger partial charge in [-0.15, -0.1) is 0 Å². The number of nitrogens with zero attached hydrogens (tertiary/aromatic N) is 5. The lowest BCUT2D eigenvalue weighted by atomic mass is 10.1. The topological polar surface area (TPSA) is 74.7 Å². The predicted octanol–water partition coefficient (Wildman–Crippen LogP) is 3.34. The van der Waals surface area contributed by atoms with Crippen LogP contribution in [0.5, 0.6) is 0 Å². The molecule has 3 aromatic heterocycles. The van der Waals surface area contributed by atoms with Gasteiger partial charge in [-0.2, -0.15) is 4.98 Å². The van der Waals surface area contributed by atoms with E-state index in [2.05, 4.69) is 28.4 Å².